The van der Waals surface area contributed by atoms with Gasteiger partial charge in [0.05, 0.1) is 3.57 Å². The highest BCUT2D eigenvalue weighted by Crippen LogP contribution is 2.36. The number of benzene rings is 2. The van der Waals surface area contributed by atoms with Gasteiger partial charge in [0, 0.05) is 10.8 Å². The second-order valence-electron chi connectivity index (χ2n) is 5.74. The predicted octanol–water partition coefficient (Wildman–Crippen LogP) is 6.40. The van der Waals surface area contributed by atoms with Crippen molar-refractivity contribution in [3.63, 3.8) is 0 Å². The Morgan fingerprint density at radius 1 is 0.857 bits per heavy atom. The molecule has 2 heteroatoms. The molecule has 0 bridgehead atoms. The van der Waals surface area contributed by atoms with Gasteiger partial charge in [0.15, 0.2) is 0 Å². The number of aryl methyl sites for hydroxylation is 3. The minimum absolute atomic E-state index is 1.06. The molecule has 2 aromatic carbocycles. The summed E-state index contributed by atoms with van der Waals surface area (Å²) in [6.45, 7) is 6.64. The van der Waals surface area contributed by atoms with Crippen molar-refractivity contribution < 1.29 is 4.42 Å². The Bertz CT molecular complexity index is 732. The zero-order valence-corrected chi connectivity index (χ0v) is 15.1. The first-order valence-corrected chi connectivity index (χ1v) is 8.87. The molecule has 0 atom stereocenters. The van der Waals surface area contributed by atoms with Gasteiger partial charge in [-0.1, -0.05) is 51.0 Å². The molecule has 0 aliphatic heterocycles. The molecule has 1 aromatic heterocycles. The van der Waals surface area contributed by atoms with Crippen LogP contribution in [0.25, 0.3) is 21.9 Å². The third-order valence-corrected chi connectivity index (χ3v) is 5.41. The molecule has 0 N–H and O–H groups in total. The van der Waals surface area contributed by atoms with Crippen LogP contribution >= 0.6 is 22.6 Å². The van der Waals surface area contributed by atoms with E-state index in [1.54, 1.807) is 0 Å². The molecule has 110 valence electrons. The Balaban J connectivity index is 2.28. The summed E-state index contributed by atoms with van der Waals surface area (Å²) in [5.41, 5.74) is 6.25. The molecule has 0 unspecified atom stereocenters. The zero-order chi connectivity index (χ0) is 15.0. The maximum absolute atomic E-state index is 6.28. The van der Waals surface area contributed by atoms with Crippen LogP contribution in [0.4, 0.5) is 0 Å². The number of rotatable bonds is 4. The molecule has 3 aromatic rings. The van der Waals surface area contributed by atoms with Crippen molar-refractivity contribution in [3.8, 4) is 0 Å². The van der Waals surface area contributed by atoms with E-state index in [0.29, 0.717) is 0 Å². The predicted molar refractivity (Wildman–Crippen MR) is 99.2 cm³/mol. The summed E-state index contributed by atoms with van der Waals surface area (Å²) >= 11 is 2.44. The summed E-state index contributed by atoms with van der Waals surface area (Å²) in [6.07, 6.45) is 4.58. The average molecular weight is 392 g/mol. The molecule has 0 amide bonds. The highest BCUT2D eigenvalue weighted by Gasteiger charge is 2.15. The van der Waals surface area contributed by atoms with Crippen molar-refractivity contribution >= 4 is 44.5 Å². The Labute approximate surface area is 139 Å². The molecular weight excluding hydrogens is 371 g/mol. The van der Waals surface area contributed by atoms with Gasteiger partial charge in [-0.25, -0.2) is 0 Å². The number of furan rings is 1. The van der Waals surface area contributed by atoms with Crippen LogP contribution < -0.4 is 0 Å². The maximum atomic E-state index is 6.28. The fraction of sp³-hybridized carbons (Fsp3) is 0.368. The lowest BCUT2D eigenvalue weighted by Crippen LogP contribution is -1.88. The average Bonchev–Trinajstić information content (AvgIpc) is 2.86. The Kier molecular flexibility index (Phi) is 4.25. The van der Waals surface area contributed by atoms with E-state index in [1.807, 2.05) is 0 Å². The molecule has 1 nitrogen and oxygen atoms in total. The number of hydrogen-bond donors (Lipinski definition) is 0. The van der Waals surface area contributed by atoms with Gasteiger partial charge in [0.25, 0.3) is 0 Å². The molecular formula is C19H21IO. The first-order valence-electron chi connectivity index (χ1n) is 7.79. The number of halogens is 1. The largest absolute Gasteiger partial charge is 0.455 e. The lowest BCUT2D eigenvalue weighted by molar-refractivity contribution is 0.660. The Hall–Kier alpha value is -1.03. The Morgan fingerprint density at radius 3 is 2.10 bits per heavy atom. The molecule has 21 heavy (non-hydrogen) atoms. The first kappa shape index (κ1) is 14.9. The van der Waals surface area contributed by atoms with Crippen LogP contribution in [0, 0.1) is 10.5 Å². The van der Waals surface area contributed by atoms with Gasteiger partial charge in [-0.3, -0.25) is 0 Å². The third-order valence-electron chi connectivity index (χ3n) is 4.23. The number of hydrogen-bond acceptors (Lipinski definition) is 1. The second kappa shape index (κ2) is 5.99. The molecule has 3 rings (SSSR count). The molecule has 1 heterocycles. The summed E-state index contributed by atoms with van der Waals surface area (Å²) in [7, 11) is 0. The molecule has 0 aliphatic carbocycles. The maximum Gasteiger partial charge on any atom is 0.149 e. The van der Waals surface area contributed by atoms with Crippen molar-refractivity contribution in [1.82, 2.24) is 0 Å². The monoisotopic (exact) mass is 392 g/mol. The quantitative estimate of drug-likeness (QED) is 0.468. The van der Waals surface area contributed by atoms with Crippen molar-refractivity contribution in [2.45, 2.75) is 46.5 Å². The van der Waals surface area contributed by atoms with Crippen LogP contribution in [-0.4, -0.2) is 0 Å². The van der Waals surface area contributed by atoms with E-state index < -0.39 is 0 Å². The van der Waals surface area contributed by atoms with Gasteiger partial charge < -0.3 is 4.42 Å². The van der Waals surface area contributed by atoms with Crippen molar-refractivity contribution in [2.75, 3.05) is 0 Å². The van der Waals surface area contributed by atoms with E-state index in [2.05, 4.69) is 67.6 Å². The van der Waals surface area contributed by atoms with E-state index >= 15 is 0 Å². The van der Waals surface area contributed by atoms with Gasteiger partial charge in [0.1, 0.15) is 11.2 Å². The molecule has 0 aliphatic rings. The molecule has 0 fully saturated rings. The minimum atomic E-state index is 1.06. The summed E-state index contributed by atoms with van der Waals surface area (Å²) in [5, 5.41) is 2.50. The first-order chi connectivity index (χ1) is 10.2. The number of fused-ring (bicyclic) bond motifs is 3. The fourth-order valence-electron chi connectivity index (χ4n) is 3.09. The summed E-state index contributed by atoms with van der Waals surface area (Å²) in [5.74, 6) is 0. The SMILES string of the molecule is CCCc1ccc2c(oc3c(I)c(CCC)ccc32)c1C. The standard InChI is InChI=1S/C19H21IO/c1-4-6-13-8-10-15-16-11-9-14(7-5-2)17(20)19(16)21-18(15)12(13)3/h8-11H,4-7H2,1-3H3. The Morgan fingerprint density at radius 2 is 1.43 bits per heavy atom. The lowest BCUT2D eigenvalue weighted by Gasteiger charge is -2.03. The van der Waals surface area contributed by atoms with Gasteiger partial charge in [-0.05, 0) is 59.0 Å². The van der Waals surface area contributed by atoms with Crippen LogP contribution in [0.3, 0.4) is 0 Å². The highest BCUT2D eigenvalue weighted by molar-refractivity contribution is 14.1. The van der Waals surface area contributed by atoms with E-state index in [0.717, 1.165) is 24.0 Å². The second-order valence-corrected chi connectivity index (χ2v) is 6.82. The molecule has 0 saturated carbocycles. The molecule has 0 saturated heterocycles. The summed E-state index contributed by atoms with van der Waals surface area (Å²) < 4.78 is 7.56. The summed E-state index contributed by atoms with van der Waals surface area (Å²) in [4.78, 5) is 0. The molecule has 0 radical (unpaired) electrons. The van der Waals surface area contributed by atoms with Crippen LogP contribution in [0.1, 0.15) is 43.4 Å². The van der Waals surface area contributed by atoms with Gasteiger partial charge in [-0.15, -0.1) is 0 Å². The van der Waals surface area contributed by atoms with E-state index in [4.69, 9.17) is 4.42 Å². The van der Waals surface area contributed by atoms with Crippen LogP contribution in [0.5, 0.6) is 0 Å². The van der Waals surface area contributed by atoms with E-state index in [-0.39, 0.29) is 0 Å². The van der Waals surface area contributed by atoms with E-state index in [1.165, 1.54) is 43.9 Å². The molecule has 0 spiro atoms. The van der Waals surface area contributed by atoms with Gasteiger partial charge in [0.2, 0.25) is 0 Å². The highest BCUT2D eigenvalue weighted by atomic mass is 127. The zero-order valence-electron chi connectivity index (χ0n) is 12.9. The van der Waals surface area contributed by atoms with Crippen LogP contribution in [0.2, 0.25) is 0 Å². The third kappa shape index (κ3) is 2.48. The van der Waals surface area contributed by atoms with Crippen molar-refractivity contribution in [2.24, 2.45) is 0 Å². The smallest absolute Gasteiger partial charge is 0.149 e. The lowest BCUT2D eigenvalue weighted by atomic mass is 10.0. The fourth-order valence-corrected chi connectivity index (χ4v) is 3.94. The normalized spacial score (nSPS) is 11.6. The van der Waals surface area contributed by atoms with E-state index in [9.17, 15) is 0 Å². The summed E-state index contributed by atoms with van der Waals surface area (Å²) in [6, 6.07) is 8.99. The minimum Gasteiger partial charge on any atom is -0.455 e. The van der Waals surface area contributed by atoms with Gasteiger partial charge in [-0.2, -0.15) is 0 Å². The topological polar surface area (TPSA) is 13.1 Å². The van der Waals surface area contributed by atoms with Crippen LogP contribution in [0.15, 0.2) is 28.7 Å². The van der Waals surface area contributed by atoms with Crippen molar-refractivity contribution in [3.05, 3.63) is 44.5 Å². The van der Waals surface area contributed by atoms with Crippen LogP contribution in [-0.2, 0) is 12.8 Å². The van der Waals surface area contributed by atoms with Crippen molar-refractivity contribution in [1.29, 1.82) is 0 Å². The van der Waals surface area contributed by atoms with Gasteiger partial charge >= 0.3 is 0 Å².